The van der Waals surface area contributed by atoms with Crippen molar-refractivity contribution in [2.45, 2.75) is 38.0 Å². The van der Waals surface area contributed by atoms with Gasteiger partial charge >= 0.3 is 0 Å². The summed E-state index contributed by atoms with van der Waals surface area (Å²) in [5, 5.41) is 28.0. The van der Waals surface area contributed by atoms with E-state index in [2.05, 4.69) is 10.3 Å². The first-order valence-corrected chi connectivity index (χ1v) is 6.05. The fourth-order valence-electron chi connectivity index (χ4n) is 2.86. The Morgan fingerprint density at radius 3 is 3.00 bits per heavy atom. The summed E-state index contributed by atoms with van der Waals surface area (Å²) in [5.41, 5.74) is 1.57. The van der Waals surface area contributed by atoms with Crippen molar-refractivity contribution < 1.29 is 14.9 Å². The first-order valence-electron chi connectivity index (χ1n) is 6.05. The van der Waals surface area contributed by atoms with Gasteiger partial charge in [0.15, 0.2) is 11.9 Å². The van der Waals surface area contributed by atoms with Gasteiger partial charge in [-0.25, -0.2) is 4.68 Å². The molecule has 1 fully saturated rings. The molecule has 0 amide bonds. The van der Waals surface area contributed by atoms with E-state index in [1.165, 1.54) is 10.6 Å². The van der Waals surface area contributed by atoms with Gasteiger partial charge in [0.25, 0.3) is 5.56 Å². The summed E-state index contributed by atoms with van der Waals surface area (Å²) in [5.74, 6) is 0. The molecule has 1 saturated heterocycles. The lowest BCUT2D eigenvalue weighted by atomic mass is 10.1. The van der Waals surface area contributed by atoms with Gasteiger partial charge in [0.2, 0.25) is 0 Å². The molecule has 0 radical (unpaired) electrons. The second-order valence-corrected chi connectivity index (χ2v) is 5.03. The van der Waals surface area contributed by atoms with Gasteiger partial charge in [-0.05, 0) is 12.5 Å². The topological polar surface area (TPSA) is 102 Å². The number of nitrogens with zero attached hydrogens (tertiary/aromatic N) is 4. The van der Waals surface area contributed by atoms with Crippen LogP contribution in [-0.4, -0.2) is 48.1 Å². The number of aryl methyl sites for hydroxylation is 1. The molecule has 8 heteroatoms. The Balaban J connectivity index is 2.11. The van der Waals surface area contributed by atoms with Crippen molar-refractivity contribution in [3.63, 3.8) is 0 Å². The molecular formula is C11H12N4O4. The van der Waals surface area contributed by atoms with Crippen LogP contribution in [0.4, 0.5) is 0 Å². The maximum absolute atomic E-state index is 12.2. The summed E-state index contributed by atoms with van der Waals surface area (Å²) >= 11 is 0. The molecule has 8 nitrogen and oxygen atoms in total. The third-order valence-electron chi connectivity index (χ3n) is 3.83. The average molecular weight is 264 g/mol. The smallest absolute Gasteiger partial charge is 0.254 e. The van der Waals surface area contributed by atoms with Gasteiger partial charge in [0.05, 0.1) is 6.54 Å². The van der Waals surface area contributed by atoms with Crippen LogP contribution in [0.15, 0.2) is 10.9 Å². The van der Waals surface area contributed by atoms with E-state index in [1.807, 2.05) is 0 Å². The first-order chi connectivity index (χ1) is 9.08. The Morgan fingerprint density at radius 2 is 2.21 bits per heavy atom. The minimum absolute atomic E-state index is 0.258. The number of hydrogen-bond acceptors (Lipinski definition) is 6. The van der Waals surface area contributed by atoms with Gasteiger partial charge in [0, 0.05) is 6.07 Å². The van der Waals surface area contributed by atoms with Crippen LogP contribution in [0.25, 0.3) is 11.2 Å². The summed E-state index contributed by atoms with van der Waals surface area (Å²) in [6.07, 6.45) is -3.65. The van der Waals surface area contributed by atoms with Crippen LogP contribution in [0, 0.1) is 6.92 Å². The van der Waals surface area contributed by atoms with Gasteiger partial charge in [-0.3, -0.25) is 9.36 Å². The lowest BCUT2D eigenvalue weighted by Gasteiger charge is -2.19. The predicted octanol–water partition coefficient (Wildman–Crippen LogP) is -1.47. The molecule has 2 aromatic rings. The predicted molar refractivity (Wildman–Crippen MR) is 62.4 cm³/mol. The Morgan fingerprint density at radius 1 is 1.42 bits per heavy atom. The molecule has 4 rings (SSSR count). The zero-order chi connectivity index (χ0) is 13.3. The van der Waals surface area contributed by atoms with Crippen molar-refractivity contribution in [2.24, 2.45) is 0 Å². The number of aliphatic hydroxyl groups excluding tert-OH is 2. The average Bonchev–Trinajstić information content (AvgIpc) is 2.82. The standard InChI is InChI=1S/C11H12N4O4/c1-4-2-6(16)15-10-7(4)12-13-14(10)3-5-8(17)9(18)11(15)19-5/h2,5,8-9,11,17-18H,3H2,1H3/t5-,8-,9-,11-/m1/s1. The van der Waals surface area contributed by atoms with E-state index in [4.69, 9.17) is 4.74 Å². The second kappa shape index (κ2) is 3.41. The fraction of sp³-hybridized carbons (Fsp3) is 0.545. The Labute approximate surface area is 106 Å². The third-order valence-corrected chi connectivity index (χ3v) is 3.83. The van der Waals surface area contributed by atoms with E-state index in [-0.39, 0.29) is 12.1 Å². The highest BCUT2D eigenvalue weighted by Gasteiger charge is 2.47. The third kappa shape index (κ3) is 1.25. The molecule has 2 bridgehead atoms. The first kappa shape index (κ1) is 11.1. The van der Waals surface area contributed by atoms with Crippen molar-refractivity contribution in [2.75, 3.05) is 0 Å². The molecule has 2 aliphatic rings. The molecule has 2 aliphatic heterocycles. The van der Waals surface area contributed by atoms with Crippen LogP contribution in [-0.2, 0) is 11.3 Å². The number of rotatable bonds is 0. The van der Waals surface area contributed by atoms with Gasteiger partial charge in [0.1, 0.15) is 23.8 Å². The summed E-state index contributed by atoms with van der Waals surface area (Å²) < 4.78 is 8.44. The molecule has 4 heterocycles. The maximum atomic E-state index is 12.2. The van der Waals surface area contributed by atoms with E-state index < -0.39 is 24.5 Å². The number of aromatic nitrogens is 4. The summed E-state index contributed by atoms with van der Waals surface area (Å²) in [6, 6.07) is 1.43. The number of ether oxygens (including phenoxy) is 1. The summed E-state index contributed by atoms with van der Waals surface area (Å²) in [4.78, 5) is 12.2. The van der Waals surface area contributed by atoms with Crippen molar-refractivity contribution in [3.05, 3.63) is 22.0 Å². The minimum Gasteiger partial charge on any atom is -0.387 e. The van der Waals surface area contributed by atoms with Crippen molar-refractivity contribution in [3.8, 4) is 0 Å². The van der Waals surface area contributed by atoms with E-state index >= 15 is 0 Å². The van der Waals surface area contributed by atoms with Gasteiger partial charge in [-0.1, -0.05) is 5.21 Å². The van der Waals surface area contributed by atoms with Crippen LogP contribution in [0.2, 0.25) is 0 Å². The number of hydrogen-bond donors (Lipinski definition) is 2. The van der Waals surface area contributed by atoms with Gasteiger partial charge < -0.3 is 14.9 Å². The van der Waals surface area contributed by atoms with Gasteiger partial charge in [-0.2, -0.15) is 0 Å². The quantitative estimate of drug-likeness (QED) is 0.602. The van der Waals surface area contributed by atoms with Crippen LogP contribution in [0.1, 0.15) is 11.8 Å². The van der Waals surface area contributed by atoms with Crippen molar-refractivity contribution >= 4 is 11.2 Å². The second-order valence-electron chi connectivity index (χ2n) is 5.03. The number of aliphatic hydroxyl groups is 2. The van der Waals surface area contributed by atoms with E-state index in [0.29, 0.717) is 11.2 Å². The maximum Gasteiger partial charge on any atom is 0.254 e. The molecule has 0 aliphatic carbocycles. The van der Waals surface area contributed by atoms with E-state index in [1.54, 1.807) is 11.6 Å². The van der Waals surface area contributed by atoms with Gasteiger partial charge in [-0.15, -0.1) is 5.10 Å². The number of fused-ring (bicyclic) bond motifs is 3. The normalized spacial score (nSPS) is 32.8. The van der Waals surface area contributed by atoms with Crippen LogP contribution < -0.4 is 5.56 Å². The molecule has 0 aromatic carbocycles. The van der Waals surface area contributed by atoms with Crippen LogP contribution in [0.5, 0.6) is 0 Å². The monoisotopic (exact) mass is 264 g/mol. The van der Waals surface area contributed by atoms with Crippen LogP contribution in [0.3, 0.4) is 0 Å². The van der Waals surface area contributed by atoms with E-state index in [0.717, 1.165) is 5.56 Å². The Kier molecular flexibility index (Phi) is 1.99. The number of pyridine rings is 1. The lowest BCUT2D eigenvalue weighted by molar-refractivity contribution is -0.0351. The van der Waals surface area contributed by atoms with Crippen LogP contribution >= 0.6 is 0 Å². The lowest BCUT2D eigenvalue weighted by Crippen LogP contribution is -2.38. The molecule has 100 valence electrons. The molecule has 0 spiro atoms. The summed E-state index contributed by atoms with van der Waals surface area (Å²) in [6.45, 7) is 2.05. The fourth-order valence-corrected chi connectivity index (χ4v) is 2.86. The van der Waals surface area contributed by atoms with Crippen molar-refractivity contribution in [1.29, 1.82) is 0 Å². The highest BCUT2D eigenvalue weighted by molar-refractivity contribution is 5.74. The zero-order valence-electron chi connectivity index (χ0n) is 10.1. The Hall–Kier alpha value is -1.77. The largest absolute Gasteiger partial charge is 0.387 e. The molecule has 4 atom stereocenters. The highest BCUT2D eigenvalue weighted by atomic mass is 16.6. The molecule has 2 N–H and O–H groups in total. The molecule has 0 unspecified atom stereocenters. The van der Waals surface area contributed by atoms with Crippen molar-refractivity contribution in [1.82, 2.24) is 19.6 Å². The minimum atomic E-state index is -1.13. The zero-order valence-corrected chi connectivity index (χ0v) is 10.1. The van der Waals surface area contributed by atoms with E-state index in [9.17, 15) is 15.0 Å². The molecular weight excluding hydrogens is 252 g/mol. The molecule has 0 saturated carbocycles. The summed E-state index contributed by atoms with van der Waals surface area (Å²) in [7, 11) is 0. The molecule has 2 aromatic heterocycles. The SMILES string of the molecule is Cc1cc(=O)n2c3c1nnn3C[C@H]1O[C@@H]2[C@H](O)[C@@H]1O. The highest BCUT2D eigenvalue weighted by Crippen LogP contribution is 2.34. The molecule has 19 heavy (non-hydrogen) atoms. The Bertz CT molecular complexity index is 736.